The molecule has 4 aliphatic heterocycles. The van der Waals surface area contributed by atoms with Gasteiger partial charge in [-0.25, -0.2) is 0 Å². The lowest BCUT2D eigenvalue weighted by Gasteiger charge is -2.41. The van der Waals surface area contributed by atoms with Gasteiger partial charge in [-0.1, -0.05) is 23.4 Å². The first-order chi connectivity index (χ1) is 14.7. The molecular weight excluding hydrogens is 378 g/mol. The van der Waals surface area contributed by atoms with Crippen LogP contribution in [-0.2, 0) is 20.8 Å². The van der Waals surface area contributed by atoms with Crippen LogP contribution in [0.3, 0.4) is 0 Å². The molecule has 1 aromatic carbocycles. The molecule has 3 unspecified atom stereocenters. The van der Waals surface area contributed by atoms with Crippen LogP contribution in [0.25, 0.3) is 0 Å². The van der Waals surface area contributed by atoms with Crippen molar-refractivity contribution in [1.82, 2.24) is 4.90 Å². The van der Waals surface area contributed by atoms with Gasteiger partial charge in [0.05, 0.1) is 6.42 Å². The van der Waals surface area contributed by atoms with Crippen molar-refractivity contribution < 1.29 is 14.4 Å². The molecule has 0 aromatic heterocycles. The van der Waals surface area contributed by atoms with E-state index in [0.29, 0.717) is 31.0 Å². The maximum atomic E-state index is 12.5. The summed E-state index contributed by atoms with van der Waals surface area (Å²) < 4.78 is 6.08. The molecule has 0 radical (unpaired) electrons. The molecule has 4 aliphatic rings. The zero-order valence-electron chi connectivity index (χ0n) is 18.0. The number of aryl methyl sites for hydroxylation is 1. The first kappa shape index (κ1) is 19.9. The third-order valence-electron chi connectivity index (χ3n) is 7.47. The Bertz CT molecular complexity index is 797. The predicted molar refractivity (Wildman–Crippen MR) is 117 cm³/mol. The number of hydrogen-bond donors (Lipinski definition) is 0. The van der Waals surface area contributed by atoms with Crippen molar-refractivity contribution in [2.45, 2.75) is 76.5 Å². The molecule has 4 heterocycles. The second kappa shape index (κ2) is 8.58. The fraction of sp³-hybridized carbons (Fsp3) is 0.667. The molecule has 6 heteroatoms. The number of carbonyl (C=O) groups is 1. The second-order valence-electron chi connectivity index (χ2n) is 9.27. The van der Waals surface area contributed by atoms with Gasteiger partial charge in [-0.05, 0) is 63.0 Å². The van der Waals surface area contributed by atoms with E-state index in [4.69, 9.17) is 9.57 Å². The van der Waals surface area contributed by atoms with Crippen LogP contribution in [0.4, 0.5) is 5.69 Å². The monoisotopic (exact) mass is 411 g/mol. The fourth-order valence-corrected chi connectivity index (χ4v) is 5.91. The number of para-hydroxylation sites is 1. The Hall–Kier alpha value is -2.08. The number of anilines is 1. The van der Waals surface area contributed by atoms with Crippen LogP contribution in [0.1, 0.15) is 57.4 Å². The van der Waals surface area contributed by atoms with Crippen molar-refractivity contribution in [2.24, 2.45) is 11.1 Å². The molecule has 0 spiro atoms. The minimum atomic E-state index is 0.207. The molecule has 2 bridgehead atoms. The minimum Gasteiger partial charge on any atom is -0.475 e. The summed E-state index contributed by atoms with van der Waals surface area (Å²) in [6.45, 7) is 4.76. The van der Waals surface area contributed by atoms with Crippen LogP contribution in [0.2, 0.25) is 0 Å². The lowest BCUT2D eigenvalue weighted by molar-refractivity contribution is -0.118. The minimum absolute atomic E-state index is 0.207. The molecule has 1 aromatic rings. The highest BCUT2D eigenvalue weighted by Gasteiger charge is 2.42. The standard InChI is InChI=1S/C24H33N3O3/c1-17(30-23-11-14-29-25-23)19-15-20-8-9-21(16-19)26(20)12-4-13-27-22-6-3-2-5-18(22)7-10-24(27)28/h2-3,5-6,17,19-21H,4,7-16H2,1H3. The van der Waals surface area contributed by atoms with Gasteiger partial charge in [0, 0.05) is 37.3 Å². The van der Waals surface area contributed by atoms with Gasteiger partial charge in [0.15, 0.2) is 0 Å². The molecular formula is C24H33N3O3. The summed E-state index contributed by atoms with van der Waals surface area (Å²) in [5.74, 6) is 1.64. The molecule has 1 amide bonds. The van der Waals surface area contributed by atoms with Crippen molar-refractivity contribution in [1.29, 1.82) is 0 Å². The second-order valence-corrected chi connectivity index (χ2v) is 9.27. The molecule has 6 nitrogen and oxygen atoms in total. The number of rotatable bonds is 6. The maximum absolute atomic E-state index is 12.5. The van der Waals surface area contributed by atoms with Gasteiger partial charge in [-0.3, -0.25) is 9.69 Å². The first-order valence-corrected chi connectivity index (χ1v) is 11.7. The number of carbonyl (C=O) groups excluding carboxylic acids is 1. The zero-order valence-corrected chi connectivity index (χ0v) is 18.0. The van der Waals surface area contributed by atoms with Gasteiger partial charge in [-0.15, -0.1) is 0 Å². The van der Waals surface area contributed by atoms with Gasteiger partial charge in [0.1, 0.15) is 12.7 Å². The van der Waals surface area contributed by atoms with E-state index in [2.05, 4.69) is 35.2 Å². The Labute approximate surface area is 179 Å². The summed E-state index contributed by atoms with van der Waals surface area (Å²) in [4.78, 5) is 22.3. The maximum Gasteiger partial charge on any atom is 0.229 e. The highest BCUT2D eigenvalue weighted by molar-refractivity contribution is 5.96. The van der Waals surface area contributed by atoms with Crippen LogP contribution in [0, 0.1) is 5.92 Å². The normalized spacial score (nSPS) is 29.4. The van der Waals surface area contributed by atoms with Crippen LogP contribution in [-0.4, -0.2) is 54.6 Å². The van der Waals surface area contributed by atoms with E-state index in [-0.39, 0.29) is 12.0 Å². The molecule has 0 N–H and O–H groups in total. The van der Waals surface area contributed by atoms with E-state index in [1.165, 1.54) is 31.2 Å². The van der Waals surface area contributed by atoms with E-state index in [1.807, 2.05) is 11.0 Å². The molecule has 2 fully saturated rings. The Morgan fingerprint density at radius 1 is 1.13 bits per heavy atom. The summed E-state index contributed by atoms with van der Waals surface area (Å²) >= 11 is 0. The van der Waals surface area contributed by atoms with Crippen molar-refractivity contribution in [3.05, 3.63) is 29.8 Å². The highest BCUT2D eigenvalue weighted by Crippen LogP contribution is 2.40. The van der Waals surface area contributed by atoms with Crippen LogP contribution < -0.4 is 4.90 Å². The van der Waals surface area contributed by atoms with Crippen molar-refractivity contribution in [3.63, 3.8) is 0 Å². The average Bonchev–Trinajstić information content (AvgIpc) is 3.34. The molecule has 0 saturated carbocycles. The molecule has 5 rings (SSSR count). The van der Waals surface area contributed by atoms with Crippen molar-refractivity contribution >= 4 is 17.5 Å². The van der Waals surface area contributed by atoms with Gasteiger partial charge >= 0.3 is 0 Å². The summed E-state index contributed by atoms with van der Waals surface area (Å²) in [5, 5.41) is 4.00. The van der Waals surface area contributed by atoms with Crippen molar-refractivity contribution in [2.75, 3.05) is 24.6 Å². The van der Waals surface area contributed by atoms with Gasteiger partial charge in [-0.2, -0.15) is 0 Å². The third-order valence-corrected chi connectivity index (χ3v) is 7.47. The summed E-state index contributed by atoms with van der Waals surface area (Å²) in [6, 6.07) is 9.69. The molecule has 162 valence electrons. The zero-order chi connectivity index (χ0) is 20.5. The lowest BCUT2D eigenvalue weighted by atomic mass is 9.86. The largest absolute Gasteiger partial charge is 0.475 e. The van der Waals surface area contributed by atoms with E-state index in [9.17, 15) is 4.79 Å². The average molecular weight is 412 g/mol. The Balaban J connectivity index is 1.14. The number of oxime groups is 1. The van der Waals surface area contributed by atoms with E-state index in [0.717, 1.165) is 43.9 Å². The highest BCUT2D eigenvalue weighted by atomic mass is 16.7. The number of nitrogens with zero attached hydrogens (tertiary/aromatic N) is 3. The van der Waals surface area contributed by atoms with Crippen LogP contribution >= 0.6 is 0 Å². The molecule has 3 atom stereocenters. The number of benzene rings is 1. The first-order valence-electron chi connectivity index (χ1n) is 11.7. The Kier molecular flexibility index (Phi) is 5.68. The van der Waals surface area contributed by atoms with Crippen LogP contribution in [0.15, 0.2) is 29.4 Å². The van der Waals surface area contributed by atoms with Gasteiger partial charge in [0.25, 0.3) is 0 Å². The number of fused-ring (bicyclic) bond motifs is 3. The predicted octanol–water partition coefficient (Wildman–Crippen LogP) is 3.74. The summed E-state index contributed by atoms with van der Waals surface area (Å²) in [7, 11) is 0. The summed E-state index contributed by atoms with van der Waals surface area (Å²) in [6.07, 6.45) is 8.57. The fourth-order valence-electron chi connectivity index (χ4n) is 5.91. The quantitative estimate of drug-likeness (QED) is 0.716. The smallest absolute Gasteiger partial charge is 0.229 e. The van der Waals surface area contributed by atoms with Crippen molar-refractivity contribution in [3.8, 4) is 0 Å². The molecule has 30 heavy (non-hydrogen) atoms. The summed E-state index contributed by atoms with van der Waals surface area (Å²) in [5.41, 5.74) is 2.43. The van der Waals surface area contributed by atoms with Crippen LogP contribution in [0.5, 0.6) is 0 Å². The number of piperidine rings is 1. The number of hydrogen-bond acceptors (Lipinski definition) is 5. The number of ether oxygens (including phenoxy) is 1. The lowest BCUT2D eigenvalue weighted by Crippen LogP contribution is -2.47. The Morgan fingerprint density at radius 2 is 1.93 bits per heavy atom. The topological polar surface area (TPSA) is 54.4 Å². The van der Waals surface area contributed by atoms with E-state index < -0.39 is 0 Å². The number of amides is 1. The van der Waals surface area contributed by atoms with E-state index >= 15 is 0 Å². The SMILES string of the molecule is CC(OC1=NOCC1)C1CC2CCC(C1)N2CCCN1C(=O)CCc2ccccc21. The molecule has 2 saturated heterocycles. The van der Waals surface area contributed by atoms with Gasteiger partial charge < -0.3 is 14.5 Å². The Morgan fingerprint density at radius 3 is 2.70 bits per heavy atom. The molecule has 0 aliphatic carbocycles. The van der Waals surface area contributed by atoms with E-state index in [1.54, 1.807) is 0 Å². The third kappa shape index (κ3) is 3.94. The van der Waals surface area contributed by atoms with Gasteiger partial charge in [0.2, 0.25) is 11.8 Å².